The van der Waals surface area contributed by atoms with Crippen molar-refractivity contribution in [3.8, 4) is 0 Å². The first kappa shape index (κ1) is 14.3. The summed E-state index contributed by atoms with van der Waals surface area (Å²) < 4.78 is 0. The lowest BCUT2D eigenvalue weighted by Crippen LogP contribution is -2.30. The summed E-state index contributed by atoms with van der Waals surface area (Å²) in [7, 11) is 0. The highest BCUT2D eigenvalue weighted by Gasteiger charge is 2.24. The molecule has 0 aromatic heterocycles. The quantitative estimate of drug-likeness (QED) is 0.772. The first-order chi connectivity index (χ1) is 10.3. The first-order valence-corrected chi connectivity index (χ1v) is 8.18. The Bertz CT molecular complexity index is 495. The summed E-state index contributed by atoms with van der Waals surface area (Å²) in [4.78, 5) is 2.67. The van der Waals surface area contributed by atoms with Crippen molar-refractivity contribution in [3.05, 3.63) is 71.8 Å². The molecule has 1 aliphatic rings. The molecule has 21 heavy (non-hydrogen) atoms. The average molecular weight is 279 g/mol. The van der Waals surface area contributed by atoms with Crippen LogP contribution in [0.1, 0.15) is 43.4 Å². The number of rotatable bonds is 3. The van der Waals surface area contributed by atoms with Crippen molar-refractivity contribution in [2.75, 3.05) is 13.1 Å². The molecule has 0 N–H and O–H groups in total. The molecule has 0 saturated carbocycles. The van der Waals surface area contributed by atoms with Crippen LogP contribution in [0.4, 0.5) is 0 Å². The van der Waals surface area contributed by atoms with Crippen molar-refractivity contribution < 1.29 is 0 Å². The number of hydrogen-bond acceptors (Lipinski definition) is 1. The molecule has 1 heterocycles. The SMILES string of the molecule is CC1CCCN(C(c2ccccc2)c2ccccc2)CC1. The van der Waals surface area contributed by atoms with Crippen LogP contribution in [0, 0.1) is 5.92 Å². The molecule has 2 aromatic rings. The van der Waals surface area contributed by atoms with E-state index in [0.29, 0.717) is 6.04 Å². The van der Waals surface area contributed by atoms with Crippen LogP contribution in [0.2, 0.25) is 0 Å². The fraction of sp³-hybridized carbons (Fsp3) is 0.400. The van der Waals surface area contributed by atoms with Crippen LogP contribution in [0.3, 0.4) is 0 Å². The predicted octanol–water partition coefficient (Wildman–Crippen LogP) is 4.90. The second-order valence-corrected chi connectivity index (χ2v) is 6.30. The Kier molecular flexibility index (Phi) is 4.72. The molecule has 1 unspecified atom stereocenters. The van der Waals surface area contributed by atoms with Gasteiger partial charge in [0.15, 0.2) is 0 Å². The fourth-order valence-corrected chi connectivity index (χ4v) is 3.43. The number of hydrogen-bond donors (Lipinski definition) is 0. The molecule has 0 aliphatic carbocycles. The minimum Gasteiger partial charge on any atom is -0.292 e. The van der Waals surface area contributed by atoms with Gasteiger partial charge in [0.25, 0.3) is 0 Å². The second kappa shape index (κ2) is 6.91. The third-order valence-corrected chi connectivity index (χ3v) is 4.65. The monoisotopic (exact) mass is 279 g/mol. The van der Waals surface area contributed by atoms with Gasteiger partial charge < -0.3 is 0 Å². The summed E-state index contributed by atoms with van der Waals surface area (Å²) in [5.74, 6) is 0.863. The van der Waals surface area contributed by atoms with E-state index in [1.54, 1.807) is 0 Å². The van der Waals surface area contributed by atoms with Gasteiger partial charge in [0, 0.05) is 0 Å². The lowest BCUT2D eigenvalue weighted by atomic mass is 9.97. The molecule has 1 nitrogen and oxygen atoms in total. The number of likely N-dealkylation sites (tertiary alicyclic amines) is 1. The summed E-state index contributed by atoms with van der Waals surface area (Å²) in [6, 6.07) is 22.3. The van der Waals surface area contributed by atoms with Crippen molar-refractivity contribution >= 4 is 0 Å². The summed E-state index contributed by atoms with van der Waals surface area (Å²) in [5.41, 5.74) is 2.83. The van der Waals surface area contributed by atoms with E-state index >= 15 is 0 Å². The third-order valence-electron chi connectivity index (χ3n) is 4.65. The molecule has 0 bridgehead atoms. The van der Waals surface area contributed by atoms with E-state index < -0.39 is 0 Å². The van der Waals surface area contributed by atoms with Gasteiger partial charge in [-0.3, -0.25) is 4.90 Å². The zero-order chi connectivity index (χ0) is 14.5. The van der Waals surface area contributed by atoms with E-state index in [9.17, 15) is 0 Å². The van der Waals surface area contributed by atoms with E-state index in [1.807, 2.05) is 0 Å². The van der Waals surface area contributed by atoms with Gasteiger partial charge in [-0.2, -0.15) is 0 Å². The van der Waals surface area contributed by atoms with Crippen LogP contribution < -0.4 is 0 Å². The zero-order valence-electron chi connectivity index (χ0n) is 12.9. The Morgan fingerprint density at radius 1 is 0.810 bits per heavy atom. The van der Waals surface area contributed by atoms with Gasteiger partial charge in [-0.1, -0.05) is 67.6 Å². The molecular formula is C20H25N. The number of benzene rings is 2. The van der Waals surface area contributed by atoms with E-state index in [2.05, 4.69) is 72.5 Å². The van der Waals surface area contributed by atoms with Gasteiger partial charge in [-0.15, -0.1) is 0 Å². The van der Waals surface area contributed by atoms with Gasteiger partial charge in [0.05, 0.1) is 6.04 Å². The third kappa shape index (κ3) is 3.54. The lowest BCUT2D eigenvalue weighted by molar-refractivity contribution is 0.232. The molecule has 1 fully saturated rings. The van der Waals surface area contributed by atoms with Crippen LogP contribution >= 0.6 is 0 Å². The number of nitrogens with zero attached hydrogens (tertiary/aromatic N) is 1. The Morgan fingerprint density at radius 3 is 1.95 bits per heavy atom. The zero-order valence-corrected chi connectivity index (χ0v) is 12.9. The molecule has 3 rings (SSSR count). The predicted molar refractivity (Wildman–Crippen MR) is 89.3 cm³/mol. The van der Waals surface area contributed by atoms with Crippen molar-refractivity contribution in [2.45, 2.75) is 32.2 Å². The molecule has 0 amide bonds. The molecule has 0 spiro atoms. The smallest absolute Gasteiger partial charge is 0.0601 e. The molecule has 1 atom stereocenters. The Balaban J connectivity index is 1.92. The van der Waals surface area contributed by atoms with E-state index in [0.717, 1.165) is 5.92 Å². The maximum absolute atomic E-state index is 2.67. The standard InChI is InChI=1S/C20H25N/c1-17-9-8-15-21(16-14-17)20(18-10-4-2-5-11-18)19-12-6-3-7-13-19/h2-7,10-13,17,20H,8-9,14-16H2,1H3. The second-order valence-electron chi connectivity index (χ2n) is 6.30. The van der Waals surface area contributed by atoms with Crippen LogP contribution in [0.25, 0.3) is 0 Å². The molecule has 1 heteroatoms. The molecule has 1 aliphatic heterocycles. The maximum atomic E-state index is 2.67. The molecule has 110 valence electrons. The summed E-state index contributed by atoms with van der Waals surface area (Å²) in [6.45, 7) is 4.80. The summed E-state index contributed by atoms with van der Waals surface area (Å²) >= 11 is 0. The maximum Gasteiger partial charge on any atom is 0.0601 e. The van der Waals surface area contributed by atoms with Gasteiger partial charge >= 0.3 is 0 Å². The van der Waals surface area contributed by atoms with Crippen LogP contribution in [0.5, 0.6) is 0 Å². The fourth-order valence-electron chi connectivity index (χ4n) is 3.43. The van der Waals surface area contributed by atoms with Gasteiger partial charge in [-0.05, 0) is 49.4 Å². The molecule has 2 aromatic carbocycles. The average Bonchev–Trinajstić information content (AvgIpc) is 2.75. The van der Waals surface area contributed by atoms with Gasteiger partial charge in [0.1, 0.15) is 0 Å². The minimum atomic E-state index is 0.401. The highest BCUT2D eigenvalue weighted by atomic mass is 15.2. The summed E-state index contributed by atoms with van der Waals surface area (Å²) in [5, 5.41) is 0. The van der Waals surface area contributed by atoms with Crippen LogP contribution in [0.15, 0.2) is 60.7 Å². The van der Waals surface area contributed by atoms with Crippen molar-refractivity contribution in [1.82, 2.24) is 4.90 Å². The Hall–Kier alpha value is -1.60. The van der Waals surface area contributed by atoms with Crippen molar-refractivity contribution in [3.63, 3.8) is 0 Å². The van der Waals surface area contributed by atoms with Crippen LogP contribution in [-0.2, 0) is 0 Å². The van der Waals surface area contributed by atoms with Gasteiger partial charge in [-0.25, -0.2) is 0 Å². The highest BCUT2D eigenvalue weighted by molar-refractivity contribution is 5.31. The Morgan fingerprint density at radius 2 is 1.38 bits per heavy atom. The molecule has 1 saturated heterocycles. The normalized spacial score (nSPS) is 20.4. The topological polar surface area (TPSA) is 3.24 Å². The van der Waals surface area contributed by atoms with Gasteiger partial charge in [0.2, 0.25) is 0 Å². The largest absolute Gasteiger partial charge is 0.292 e. The minimum absolute atomic E-state index is 0.401. The van der Waals surface area contributed by atoms with E-state index in [4.69, 9.17) is 0 Å². The molecule has 0 radical (unpaired) electrons. The van der Waals surface area contributed by atoms with Crippen molar-refractivity contribution in [2.24, 2.45) is 5.92 Å². The highest BCUT2D eigenvalue weighted by Crippen LogP contribution is 2.31. The summed E-state index contributed by atoms with van der Waals surface area (Å²) in [6.07, 6.45) is 4.00. The lowest BCUT2D eigenvalue weighted by Gasteiger charge is -2.31. The van der Waals surface area contributed by atoms with E-state index in [1.165, 1.54) is 43.5 Å². The Labute approximate surface area is 128 Å². The molecular weight excluding hydrogens is 254 g/mol. The first-order valence-electron chi connectivity index (χ1n) is 8.18. The van der Waals surface area contributed by atoms with Crippen LogP contribution in [-0.4, -0.2) is 18.0 Å². The van der Waals surface area contributed by atoms with Crippen molar-refractivity contribution in [1.29, 1.82) is 0 Å². The van der Waals surface area contributed by atoms with E-state index in [-0.39, 0.29) is 0 Å².